The maximum absolute atomic E-state index is 11.9. The SMILES string of the molecule is COCO[C@H]1[C@H](OC)O[C@H](C(=O)OC)[C@@H]1OCc1ccccc1. The first-order valence-electron chi connectivity index (χ1n) is 7.23. The van der Waals surface area contributed by atoms with Gasteiger partial charge in [0.15, 0.2) is 12.4 Å². The third-order valence-corrected chi connectivity index (χ3v) is 3.50. The van der Waals surface area contributed by atoms with Crippen LogP contribution in [-0.2, 0) is 39.8 Å². The number of carbonyl (C=O) groups excluding carboxylic acids is 1. The molecule has 1 fully saturated rings. The molecule has 1 saturated heterocycles. The van der Waals surface area contributed by atoms with Gasteiger partial charge in [0.05, 0.1) is 13.7 Å². The van der Waals surface area contributed by atoms with E-state index >= 15 is 0 Å². The lowest BCUT2D eigenvalue weighted by molar-refractivity contribution is -0.191. The molecule has 1 aliphatic heterocycles. The van der Waals surface area contributed by atoms with Gasteiger partial charge in [-0.3, -0.25) is 0 Å². The van der Waals surface area contributed by atoms with Crippen molar-refractivity contribution in [2.45, 2.75) is 31.2 Å². The van der Waals surface area contributed by atoms with E-state index in [1.54, 1.807) is 0 Å². The first-order valence-corrected chi connectivity index (χ1v) is 7.23. The molecule has 0 amide bonds. The number of ether oxygens (including phenoxy) is 6. The average Bonchev–Trinajstić information content (AvgIpc) is 2.95. The number of methoxy groups -OCH3 is 3. The van der Waals surface area contributed by atoms with E-state index in [0.717, 1.165) is 5.56 Å². The van der Waals surface area contributed by atoms with Crippen molar-refractivity contribution in [1.29, 1.82) is 0 Å². The molecule has 1 aromatic rings. The second-order valence-electron chi connectivity index (χ2n) is 4.98. The summed E-state index contributed by atoms with van der Waals surface area (Å²) in [5.74, 6) is -0.534. The molecule has 0 aromatic heterocycles. The third-order valence-electron chi connectivity index (χ3n) is 3.50. The topological polar surface area (TPSA) is 72.5 Å². The Balaban J connectivity index is 2.10. The highest BCUT2D eigenvalue weighted by Gasteiger charge is 2.50. The summed E-state index contributed by atoms with van der Waals surface area (Å²) in [6.07, 6.45) is -2.93. The maximum atomic E-state index is 11.9. The van der Waals surface area contributed by atoms with Gasteiger partial charge in [-0.15, -0.1) is 0 Å². The van der Waals surface area contributed by atoms with Crippen molar-refractivity contribution in [3.63, 3.8) is 0 Å². The monoisotopic (exact) mass is 326 g/mol. The van der Waals surface area contributed by atoms with Gasteiger partial charge in [-0.2, -0.15) is 0 Å². The number of hydrogen-bond acceptors (Lipinski definition) is 7. The lowest BCUT2D eigenvalue weighted by Crippen LogP contribution is -2.41. The van der Waals surface area contributed by atoms with Gasteiger partial charge < -0.3 is 28.4 Å². The van der Waals surface area contributed by atoms with E-state index in [0.29, 0.717) is 6.61 Å². The Kier molecular flexibility index (Phi) is 6.94. The molecule has 23 heavy (non-hydrogen) atoms. The van der Waals surface area contributed by atoms with Gasteiger partial charge in [-0.1, -0.05) is 30.3 Å². The summed E-state index contributed by atoms with van der Waals surface area (Å²) < 4.78 is 32.0. The fourth-order valence-electron chi connectivity index (χ4n) is 2.39. The minimum atomic E-state index is -0.921. The molecule has 0 radical (unpaired) electrons. The Morgan fingerprint density at radius 1 is 1.09 bits per heavy atom. The third kappa shape index (κ3) is 4.49. The van der Waals surface area contributed by atoms with E-state index < -0.39 is 30.6 Å². The van der Waals surface area contributed by atoms with Crippen LogP contribution in [0.4, 0.5) is 0 Å². The first kappa shape index (κ1) is 17.8. The van der Waals surface area contributed by atoms with E-state index in [9.17, 15) is 4.79 Å². The molecule has 1 aromatic carbocycles. The van der Waals surface area contributed by atoms with Gasteiger partial charge in [-0.05, 0) is 5.56 Å². The van der Waals surface area contributed by atoms with Crippen LogP contribution in [0.5, 0.6) is 0 Å². The summed E-state index contributed by atoms with van der Waals surface area (Å²) in [6.45, 7) is 0.346. The van der Waals surface area contributed by atoms with Crippen molar-refractivity contribution in [3.05, 3.63) is 35.9 Å². The largest absolute Gasteiger partial charge is 0.467 e. The van der Waals surface area contributed by atoms with Crippen LogP contribution in [0.1, 0.15) is 5.56 Å². The van der Waals surface area contributed by atoms with Gasteiger partial charge in [0.1, 0.15) is 19.0 Å². The maximum Gasteiger partial charge on any atom is 0.337 e. The van der Waals surface area contributed by atoms with Crippen molar-refractivity contribution >= 4 is 5.97 Å². The molecule has 128 valence electrons. The normalized spacial score (nSPS) is 27.1. The van der Waals surface area contributed by atoms with Crippen LogP contribution >= 0.6 is 0 Å². The van der Waals surface area contributed by atoms with Crippen LogP contribution in [0, 0.1) is 0 Å². The van der Waals surface area contributed by atoms with Gasteiger partial charge in [0.25, 0.3) is 0 Å². The van der Waals surface area contributed by atoms with E-state index in [2.05, 4.69) is 0 Å². The molecular weight excluding hydrogens is 304 g/mol. The van der Waals surface area contributed by atoms with Crippen LogP contribution in [0.15, 0.2) is 30.3 Å². The molecule has 2 rings (SSSR count). The fraction of sp³-hybridized carbons (Fsp3) is 0.562. The summed E-state index contributed by atoms with van der Waals surface area (Å²) in [5.41, 5.74) is 0.975. The van der Waals surface area contributed by atoms with Gasteiger partial charge in [-0.25, -0.2) is 4.79 Å². The van der Waals surface area contributed by atoms with Gasteiger partial charge in [0.2, 0.25) is 0 Å². The second-order valence-corrected chi connectivity index (χ2v) is 4.98. The summed E-state index contributed by atoms with van der Waals surface area (Å²) in [4.78, 5) is 11.9. The Hall–Kier alpha value is -1.51. The minimum absolute atomic E-state index is 0.0347. The lowest BCUT2D eigenvalue weighted by atomic mass is 10.1. The van der Waals surface area contributed by atoms with Crippen LogP contribution in [0.3, 0.4) is 0 Å². The van der Waals surface area contributed by atoms with E-state index in [1.807, 2.05) is 30.3 Å². The van der Waals surface area contributed by atoms with Crippen molar-refractivity contribution in [2.24, 2.45) is 0 Å². The number of rotatable bonds is 8. The molecule has 1 aliphatic rings. The summed E-state index contributed by atoms with van der Waals surface area (Å²) in [6, 6.07) is 9.62. The molecule has 0 N–H and O–H groups in total. The standard InChI is InChI=1S/C16H22O7/c1-18-10-22-14-12(21-9-11-7-5-4-6-8-11)13(15(17)19-2)23-16(14)20-3/h4-8,12-14,16H,9-10H2,1-3H3/t12-,13-,14+,16+/m0/s1. The predicted molar refractivity (Wildman–Crippen MR) is 79.5 cm³/mol. The van der Waals surface area contributed by atoms with Crippen molar-refractivity contribution in [3.8, 4) is 0 Å². The van der Waals surface area contributed by atoms with E-state index in [-0.39, 0.29) is 6.79 Å². The Morgan fingerprint density at radius 3 is 2.43 bits per heavy atom. The van der Waals surface area contributed by atoms with Crippen LogP contribution < -0.4 is 0 Å². The molecule has 4 atom stereocenters. The fourth-order valence-corrected chi connectivity index (χ4v) is 2.39. The van der Waals surface area contributed by atoms with Crippen molar-refractivity contribution in [1.82, 2.24) is 0 Å². The summed E-state index contributed by atoms with van der Waals surface area (Å²) >= 11 is 0. The Labute approximate surface area is 135 Å². The zero-order chi connectivity index (χ0) is 16.7. The molecule has 0 bridgehead atoms. The molecule has 7 heteroatoms. The van der Waals surface area contributed by atoms with Crippen LogP contribution in [0.25, 0.3) is 0 Å². The van der Waals surface area contributed by atoms with E-state index in [4.69, 9.17) is 28.4 Å². The highest BCUT2D eigenvalue weighted by Crippen LogP contribution is 2.28. The quantitative estimate of drug-likeness (QED) is 0.523. The number of carbonyl (C=O) groups is 1. The van der Waals surface area contributed by atoms with Crippen molar-refractivity contribution in [2.75, 3.05) is 28.1 Å². The molecule has 0 spiro atoms. The van der Waals surface area contributed by atoms with E-state index in [1.165, 1.54) is 21.3 Å². The molecule has 0 aliphatic carbocycles. The number of benzene rings is 1. The molecule has 1 heterocycles. The molecular formula is C16H22O7. The van der Waals surface area contributed by atoms with Crippen LogP contribution in [0.2, 0.25) is 0 Å². The highest BCUT2D eigenvalue weighted by molar-refractivity contribution is 5.75. The van der Waals surface area contributed by atoms with Gasteiger partial charge >= 0.3 is 5.97 Å². The molecule has 0 unspecified atom stereocenters. The summed E-state index contributed by atoms with van der Waals surface area (Å²) in [7, 11) is 4.28. The highest BCUT2D eigenvalue weighted by atomic mass is 16.7. The zero-order valence-electron chi connectivity index (χ0n) is 13.5. The zero-order valence-corrected chi connectivity index (χ0v) is 13.5. The minimum Gasteiger partial charge on any atom is -0.467 e. The number of hydrogen-bond donors (Lipinski definition) is 0. The predicted octanol–water partition coefficient (Wildman–Crippen LogP) is 1.11. The molecule has 0 saturated carbocycles. The first-order chi connectivity index (χ1) is 11.2. The molecule has 7 nitrogen and oxygen atoms in total. The average molecular weight is 326 g/mol. The smallest absolute Gasteiger partial charge is 0.337 e. The number of esters is 1. The summed E-state index contributed by atoms with van der Waals surface area (Å²) in [5, 5.41) is 0. The lowest BCUT2D eigenvalue weighted by Gasteiger charge is -2.23. The Morgan fingerprint density at radius 2 is 1.83 bits per heavy atom. The Bertz CT molecular complexity index is 479. The van der Waals surface area contributed by atoms with Gasteiger partial charge in [0, 0.05) is 14.2 Å². The van der Waals surface area contributed by atoms with Crippen LogP contribution in [-0.4, -0.2) is 58.7 Å². The van der Waals surface area contributed by atoms with Crippen molar-refractivity contribution < 1.29 is 33.2 Å². The second kappa shape index (κ2) is 8.95.